The molecule has 30 heavy (non-hydrogen) atoms. The van der Waals surface area contributed by atoms with Crippen LogP contribution in [0.25, 0.3) is 28.0 Å². The van der Waals surface area contributed by atoms with Gasteiger partial charge in [0.1, 0.15) is 10.0 Å². The van der Waals surface area contributed by atoms with Gasteiger partial charge in [-0.05, 0) is 0 Å². The van der Waals surface area contributed by atoms with Crippen LogP contribution in [0.15, 0.2) is 31.0 Å². The monoisotopic (exact) mass is 455 g/mol. The fourth-order valence-electron chi connectivity index (χ4n) is 2.72. The fourth-order valence-corrected chi connectivity index (χ4v) is 3.81. The van der Waals surface area contributed by atoms with Gasteiger partial charge in [0.25, 0.3) is 5.91 Å². The van der Waals surface area contributed by atoms with E-state index in [9.17, 15) is 18.0 Å². The van der Waals surface area contributed by atoms with Gasteiger partial charge >= 0.3 is 6.18 Å². The lowest BCUT2D eigenvalue weighted by Gasteiger charge is -2.06. The lowest BCUT2D eigenvalue weighted by molar-refractivity contribution is -0.132. The third-order valence-corrected chi connectivity index (χ3v) is 5.38. The van der Waals surface area contributed by atoms with Gasteiger partial charge in [0, 0.05) is 43.3 Å². The number of amides is 1. The molecule has 0 saturated carbocycles. The second kappa shape index (κ2) is 7.69. The summed E-state index contributed by atoms with van der Waals surface area (Å²) in [5, 5.41) is 10.5. The van der Waals surface area contributed by atoms with Crippen molar-refractivity contribution in [3.05, 3.63) is 40.3 Å². The first-order valence-corrected chi connectivity index (χ1v) is 9.75. The van der Waals surface area contributed by atoms with Crippen molar-refractivity contribution >= 4 is 34.5 Å². The molecule has 156 valence electrons. The van der Waals surface area contributed by atoms with E-state index in [-0.39, 0.29) is 9.34 Å². The van der Waals surface area contributed by atoms with E-state index < -0.39 is 25.0 Å². The zero-order valence-corrected chi connectivity index (χ0v) is 16.9. The first-order chi connectivity index (χ1) is 14.2. The molecule has 8 nitrogen and oxygen atoms in total. The number of rotatable bonds is 5. The van der Waals surface area contributed by atoms with Crippen LogP contribution >= 0.6 is 22.9 Å². The van der Waals surface area contributed by atoms with Crippen molar-refractivity contribution in [3.63, 3.8) is 0 Å². The van der Waals surface area contributed by atoms with Gasteiger partial charge in [0.05, 0.1) is 24.4 Å². The van der Waals surface area contributed by atoms with E-state index >= 15 is 0 Å². The minimum Gasteiger partial charge on any atom is -0.350 e. The Morgan fingerprint density at radius 2 is 1.97 bits per heavy atom. The Kier molecular flexibility index (Phi) is 5.20. The van der Waals surface area contributed by atoms with E-state index in [1.807, 2.05) is 13.2 Å². The summed E-state index contributed by atoms with van der Waals surface area (Å²) in [5.74, 6) is -0.722. The number of nitrogens with one attached hydrogen (secondary N) is 1. The summed E-state index contributed by atoms with van der Waals surface area (Å²) in [6.45, 7) is -0.537. The number of aryl methyl sites for hydroxylation is 1. The molecule has 1 amide bonds. The Bertz CT molecular complexity index is 1230. The molecule has 0 atom stereocenters. The molecule has 4 heterocycles. The molecule has 0 saturated heterocycles. The quantitative estimate of drug-likeness (QED) is 0.496. The predicted octanol–water partition coefficient (Wildman–Crippen LogP) is 3.59. The van der Waals surface area contributed by atoms with Gasteiger partial charge < -0.3 is 5.32 Å². The van der Waals surface area contributed by atoms with Crippen LogP contribution in [-0.2, 0) is 7.05 Å². The molecule has 0 fully saturated rings. The summed E-state index contributed by atoms with van der Waals surface area (Å²) in [6, 6.07) is 0. The van der Waals surface area contributed by atoms with Crippen LogP contribution in [0.5, 0.6) is 0 Å². The lowest BCUT2D eigenvalue weighted by Crippen LogP contribution is -2.27. The van der Waals surface area contributed by atoms with Gasteiger partial charge in [0.15, 0.2) is 10.7 Å². The SMILES string of the molecule is Cn1cc(-c2cnc3c(-c4nc(C(=O)NCCC(F)(F)F)sc4Cl)cnn3c2)cn1. The second-order valence-electron chi connectivity index (χ2n) is 6.33. The third kappa shape index (κ3) is 4.14. The van der Waals surface area contributed by atoms with Crippen LogP contribution in [0.1, 0.15) is 16.2 Å². The summed E-state index contributed by atoms with van der Waals surface area (Å²) in [7, 11) is 1.81. The average Bonchev–Trinajstić information content (AvgIpc) is 3.38. The number of alkyl halides is 3. The summed E-state index contributed by atoms with van der Waals surface area (Å²) in [6.07, 6.45) is 3.01. The van der Waals surface area contributed by atoms with E-state index in [0.717, 1.165) is 22.5 Å². The lowest BCUT2D eigenvalue weighted by atomic mass is 10.2. The molecule has 4 aromatic rings. The number of carbonyl (C=O) groups excluding carboxylic acids is 1. The topological polar surface area (TPSA) is 90.0 Å². The highest BCUT2D eigenvalue weighted by Gasteiger charge is 2.27. The van der Waals surface area contributed by atoms with Gasteiger partial charge in [-0.15, -0.1) is 0 Å². The minimum absolute atomic E-state index is 0.0384. The third-order valence-electron chi connectivity index (χ3n) is 4.12. The molecule has 0 spiro atoms. The van der Waals surface area contributed by atoms with Gasteiger partial charge in [-0.2, -0.15) is 23.4 Å². The van der Waals surface area contributed by atoms with Crippen molar-refractivity contribution in [1.82, 2.24) is 34.7 Å². The largest absolute Gasteiger partial charge is 0.390 e. The number of hydrogen-bond donors (Lipinski definition) is 1. The zero-order valence-electron chi connectivity index (χ0n) is 15.3. The number of thiazole rings is 1. The maximum atomic E-state index is 12.2. The van der Waals surface area contributed by atoms with Crippen molar-refractivity contribution < 1.29 is 18.0 Å². The fraction of sp³-hybridized carbons (Fsp3) is 0.235. The number of halogens is 4. The zero-order chi connectivity index (χ0) is 21.5. The molecule has 0 aliphatic heterocycles. The molecule has 0 bridgehead atoms. The Morgan fingerprint density at radius 3 is 2.67 bits per heavy atom. The minimum atomic E-state index is -4.35. The van der Waals surface area contributed by atoms with E-state index in [1.165, 1.54) is 6.20 Å². The van der Waals surface area contributed by atoms with E-state index in [0.29, 0.717) is 16.9 Å². The molecule has 0 aromatic carbocycles. The molecule has 1 N–H and O–H groups in total. The van der Waals surface area contributed by atoms with Crippen LogP contribution < -0.4 is 5.32 Å². The summed E-state index contributed by atoms with van der Waals surface area (Å²) >= 11 is 7.11. The summed E-state index contributed by atoms with van der Waals surface area (Å²) in [5.41, 5.74) is 2.94. The smallest absolute Gasteiger partial charge is 0.350 e. The highest BCUT2D eigenvalue weighted by atomic mass is 35.5. The number of carbonyl (C=O) groups is 1. The molecule has 4 aromatic heterocycles. The normalized spacial score (nSPS) is 11.9. The van der Waals surface area contributed by atoms with Gasteiger partial charge in [-0.25, -0.2) is 14.5 Å². The van der Waals surface area contributed by atoms with Crippen LogP contribution in [0.3, 0.4) is 0 Å². The first-order valence-electron chi connectivity index (χ1n) is 8.55. The van der Waals surface area contributed by atoms with Crippen molar-refractivity contribution in [1.29, 1.82) is 0 Å². The van der Waals surface area contributed by atoms with Gasteiger partial charge in [0.2, 0.25) is 0 Å². The van der Waals surface area contributed by atoms with Crippen molar-refractivity contribution in [2.75, 3.05) is 6.54 Å². The van der Waals surface area contributed by atoms with Gasteiger partial charge in [-0.3, -0.25) is 9.48 Å². The molecule has 13 heteroatoms. The first kappa shape index (κ1) is 20.3. The summed E-state index contributed by atoms with van der Waals surface area (Å²) < 4.78 is 40.2. The highest BCUT2D eigenvalue weighted by molar-refractivity contribution is 7.18. The number of hydrogen-bond acceptors (Lipinski definition) is 6. The molecule has 0 aliphatic carbocycles. The number of fused-ring (bicyclic) bond motifs is 1. The molecule has 0 radical (unpaired) electrons. The molecular weight excluding hydrogens is 443 g/mol. The molecule has 0 aliphatic rings. The molecule has 0 unspecified atom stereocenters. The predicted molar refractivity (Wildman–Crippen MR) is 104 cm³/mol. The molecular formula is C17H13ClF3N7OS. The number of aromatic nitrogens is 6. The van der Waals surface area contributed by atoms with Crippen LogP contribution in [0.2, 0.25) is 4.34 Å². The Balaban J connectivity index is 1.59. The Morgan fingerprint density at radius 1 is 1.20 bits per heavy atom. The Hall–Kier alpha value is -2.99. The maximum Gasteiger partial charge on any atom is 0.390 e. The summed E-state index contributed by atoms with van der Waals surface area (Å²) in [4.78, 5) is 20.7. The average molecular weight is 456 g/mol. The Labute approximate surface area is 176 Å². The standard InChI is InChI=1S/C17H13ClF3N7OS/c1-27-7-10(5-24-27)9-4-23-14-11(6-25-28(14)8-9)12-13(18)30-16(26-12)15(29)22-3-2-17(19,20)21/h4-8H,2-3H2,1H3,(H,22,29). The van der Waals surface area contributed by atoms with Crippen molar-refractivity contribution in [2.24, 2.45) is 7.05 Å². The van der Waals surface area contributed by atoms with E-state index in [4.69, 9.17) is 11.6 Å². The van der Waals surface area contributed by atoms with Crippen molar-refractivity contribution in [3.8, 4) is 22.4 Å². The molecule has 4 rings (SSSR count). The second-order valence-corrected chi connectivity index (χ2v) is 7.94. The van der Waals surface area contributed by atoms with Crippen molar-refractivity contribution in [2.45, 2.75) is 12.6 Å². The van der Waals surface area contributed by atoms with Crippen LogP contribution in [0, 0.1) is 0 Å². The van der Waals surface area contributed by atoms with E-state index in [1.54, 1.807) is 27.8 Å². The highest BCUT2D eigenvalue weighted by Crippen LogP contribution is 2.34. The van der Waals surface area contributed by atoms with Crippen LogP contribution in [0.4, 0.5) is 13.2 Å². The van der Waals surface area contributed by atoms with Gasteiger partial charge in [-0.1, -0.05) is 22.9 Å². The van der Waals surface area contributed by atoms with Crippen LogP contribution in [-0.4, -0.2) is 48.0 Å². The maximum absolute atomic E-state index is 12.2. The number of nitrogens with zero attached hydrogens (tertiary/aromatic N) is 6. The van der Waals surface area contributed by atoms with E-state index in [2.05, 4.69) is 25.5 Å².